The molecule has 0 atom stereocenters. The standard InChI is InChI=1S/C30H28N2O2S5/c1-13(2)11-31-23-25-19(9-16(6)36-25)38-27(23)21(29(31)33)22-28-24(32(30(22)34)12-14(3)4)26-20(39-28)10-18(37-26)17-8-7-15(5)35-17/h7-10,13-14H,11-12H2,1-6H3/b22-21+. The van der Waals surface area contributed by atoms with Crippen LogP contribution >= 0.6 is 56.7 Å². The molecule has 0 radical (unpaired) electrons. The third-order valence-corrected chi connectivity index (χ3v) is 13.0. The van der Waals surface area contributed by atoms with Crippen molar-refractivity contribution in [3.8, 4) is 9.75 Å². The molecule has 2 aliphatic heterocycles. The summed E-state index contributed by atoms with van der Waals surface area (Å²) >= 11 is 8.66. The molecule has 7 rings (SSSR count). The van der Waals surface area contributed by atoms with E-state index in [0.29, 0.717) is 36.1 Å². The number of hydrogen-bond donors (Lipinski definition) is 0. The number of amides is 2. The van der Waals surface area contributed by atoms with Crippen LogP contribution in [0.4, 0.5) is 11.4 Å². The normalized spacial score (nSPS) is 17.3. The fourth-order valence-electron chi connectivity index (χ4n) is 5.57. The molecule has 39 heavy (non-hydrogen) atoms. The van der Waals surface area contributed by atoms with E-state index in [1.807, 2.05) is 9.80 Å². The molecular weight excluding hydrogens is 581 g/mol. The van der Waals surface area contributed by atoms with Crippen molar-refractivity contribution in [2.45, 2.75) is 41.5 Å². The van der Waals surface area contributed by atoms with E-state index in [2.05, 4.69) is 65.8 Å². The minimum atomic E-state index is -0.0256. The molecule has 0 aromatic carbocycles. The topological polar surface area (TPSA) is 40.6 Å². The Bertz CT molecular complexity index is 1850. The zero-order valence-electron chi connectivity index (χ0n) is 22.6. The molecular formula is C30H28N2O2S5. The van der Waals surface area contributed by atoms with Crippen LogP contribution in [0.5, 0.6) is 0 Å². The van der Waals surface area contributed by atoms with Gasteiger partial charge >= 0.3 is 0 Å². The molecule has 0 saturated carbocycles. The molecule has 2 aliphatic rings. The minimum Gasteiger partial charge on any atom is -0.305 e. The second-order valence-corrected chi connectivity index (χ2v) is 16.9. The number of rotatable bonds is 5. The summed E-state index contributed by atoms with van der Waals surface area (Å²) in [7, 11) is 0. The van der Waals surface area contributed by atoms with Gasteiger partial charge in [-0.05, 0) is 49.9 Å². The maximum Gasteiger partial charge on any atom is 0.260 e. The molecule has 9 heteroatoms. The van der Waals surface area contributed by atoms with E-state index in [9.17, 15) is 9.59 Å². The van der Waals surface area contributed by atoms with Gasteiger partial charge < -0.3 is 9.80 Å². The zero-order chi connectivity index (χ0) is 27.3. The molecule has 0 unspecified atom stereocenters. The van der Waals surface area contributed by atoms with Gasteiger partial charge in [0.25, 0.3) is 11.8 Å². The average Bonchev–Trinajstić information content (AvgIpc) is 3.68. The van der Waals surface area contributed by atoms with Crippen LogP contribution in [-0.4, -0.2) is 24.9 Å². The fraction of sp³-hybridized carbons (Fsp3) is 0.333. The number of thiophene rings is 5. The van der Waals surface area contributed by atoms with Gasteiger partial charge in [0.15, 0.2) is 0 Å². The molecule has 0 saturated heterocycles. The van der Waals surface area contributed by atoms with Gasteiger partial charge in [0, 0.05) is 42.0 Å². The lowest BCUT2D eigenvalue weighted by Gasteiger charge is -2.20. The first kappa shape index (κ1) is 25.7. The highest BCUT2D eigenvalue weighted by molar-refractivity contribution is 7.33. The number of hydrogen-bond acceptors (Lipinski definition) is 7. The van der Waals surface area contributed by atoms with Crippen LogP contribution in [0.15, 0.2) is 24.3 Å². The predicted molar refractivity (Wildman–Crippen MR) is 173 cm³/mol. The largest absolute Gasteiger partial charge is 0.305 e. The lowest BCUT2D eigenvalue weighted by atomic mass is 10.1. The van der Waals surface area contributed by atoms with Gasteiger partial charge in [-0.3, -0.25) is 9.59 Å². The highest BCUT2D eigenvalue weighted by atomic mass is 32.1. The Balaban J connectivity index is 1.47. The molecule has 0 spiro atoms. The van der Waals surface area contributed by atoms with E-state index >= 15 is 0 Å². The number of aryl methyl sites for hydroxylation is 2. The first-order valence-electron chi connectivity index (χ1n) is 13.2. The molecule has 7 heterocycles. The Morgan fingerprint density at radius 3 is 1.69 bits per heavy atom. The van der Waals surface area contributed by atoms with Crippen molar-refractivity contribution >= 4 is 110 Å². The summed E-state index contributed by atoms with van der Waals surface area (Å²) < 4.78 is 4.73. The van der Waals surface area contributed by atoms with E-state index < -0.39 is 0 Å². The summed E-state index contributed by atoms with van der Waals surface area (Å²) in [5.74, 6) is 0.580. The van der Waals surface area contributed by atoms with E-state index in [1.54, 1.807) is 56.7 Å². The number of fused-ring (bicyclic) bond motifs is 6. The van der Waals surface area contributed by atoms with E-state index in [-0.39, 0.29) is 11.8 Å². The molecule has 2 amide bonds. The molecule has 0 N–H and O–H groups in total. The fourth-order valence-corrected chi connectivity index (χ4v) is 11.8. The van der Waals surface area contributed by atoms with Crippen LogP contribution in [0.3, 0.4) is 0 Å². The number of carbonyl (C=O) groups is 2. The smallest absolute Gasteiger partial charge is 0.260 e. The Labute approximate surface area is 247 Å². The third kappa shape index (κ3) is 3.84. The van der Waals surface area contributed by atoms with Crippen molar-refractivity contribution in [2.24, 2.45) is 11.8 Å². The first-order valence-corrected chi connectivity index (χ1v) is 17.3. The molecule has 0 bridgehead atoms. The number of anilines is 2. The van der Waals surface area contributed by atoms with Crippen molar-refractivity contribution in [1.82, 2.24) is 0 Å². The highest BCUT2D eigenvalue weighted by Crippen LogP contribution is 2.58. The van der Waals surface area contributed by atoms with E-state index in [4.69, 9.17) is 0 Å². The molecule has 5 aromatic heterocycles. The first-order chi connectivity index (χ1) is 18.6. The van der Waals surface area contributed by atoms with Crippen LogP contribution in [0.2, 0.25) is 0 Å². The van der Waals surface area contributed by atoms with Gasteiger partial charge in [-0.15, -0.1) is 56.7 Å². The second kappa shape index (κ2) is 9.11. The maximum absolute atomic E-state index is 14.3. The number of nitrogens with zero attached hydrogens (tertiary/aromatic N) is 2. The van der Waals surface area contributed by atoms with Gasteiger partial charge in [0.2, 0.25) is 0 Å². The summed E-state index contributed by atoms with van der Waals surface area (Å²) in [6.45, 7) is 14.1. The molecule has 4 nitrogen and oxygen atoms in total. The van der Waals surface area contributed by atoms with Crippen molar-refractivity contribution in [3.63, 3.8) is 0 Å². The van der Waals surface area contributed by atoms with Crippen molar-refractivity contribution in [3.05, 3.63) is 43.8 Å². The van der Waals surface area contributed by atoms with Gasteiger partial charge in [-0.1, -0.05) is 27.7 Å². The Morgan fingerprint density at radius 2 is 1.18 bits per heavy atom. The van der Waals surface area contributed by atoms with Gasteiger partial charge in [-0.25, -0.2) is 0 Å². The van der Waals surface area contributed by atoms with Crippen molar-refractivity contribution in [2.75, 3.05) is 22.9 Å². The molecule has 200 valence electrons. The van der Waals surface area contributed by atoms with E-state index in [1.165, 1.54) is 33.6 Å². The van der Waals surface area contributed by atoms with Gasteiger partial charge in [-0.2, -0.15) is 0 Å². The second-order valence-electron chi connectivity index (χ2n) is 11.2. The lowest BCUT2D eigenvalue weighted by molar-refractivity contribution is -0.114. The summed E-state index contributed by atoms with van der Waals surface area (Å²) in [4.78, 5) is 39.4. The minimum absolute atomic E-state index is 0.0231. The molecule has 0 aliphatic carbocycles. The summed E-state index contributed by atoms with van der Waals surface area (Å²) in [6.07, 6.45) is 0. The van der Waals surface area contributed by atoms with Crippen LogP contribution in [0.25, 0.3) is 39.7 Å². The Hall–Kier alpha value is -2.30. The predicted octanol–water partition coefficient (Wildman–Crippen LogP) is 9.50. The lowest BCUT2D eigenvalue weighted by Crippen LogP contribution is -2.32. The SMILES string of the molecule is Cc1ccc(-c2cc3sc4c(c3s2)N(CC(C)C)C(=O)/C4=C2/C(=O)N(CC(C)C)c3c2sc2cc(C)sc32)s1. The monoisotopic (exact) mass is 608 g/mol. The number of carbonyl (C=O) groups excluding carboxylic acids is 2. The summed E-state index contributed by atoms with van der Waals surface area (Å²) in [5, 5.41) is 0. The van der Waals surface area contributed by atoms with Crippen LogP contribution in [-0.2, 0) is 9.59 Å². The van der Waals surface area contributed by atoms with Crippen LogP contribution in [0.1, 0.15) is 47.2 Å². The summed E-state index contributed by atoms with van der Waals surface area (Å²) in [6, 6.07) is 8.83. The van der Waals surface area contributed by atoms with Crippen LogP contribution < -0.4 is 9.80 Å². The quantitative estimate of drug-likeness (QED) is 0.187. The molecule has 5 aromatic rings. The van der Waals surface area contributed by atoms with Crippen molar-refractivity contribution < 1.29 is 9.59 Å². The average molecular weight is 609 g/mol. The Morgan fingerprint density at radius 1 is 0.641 bits per heavy atom. The molecule has 0 fully saturated rings. The summed E-state index contributed by atoms with van der Waals surface area (Å²) in [5.41, 5.74) is 3.24. The van der Waals surface area contributed by atoms with Gasteiger partial charge in [0.05, 0.1) is 41.7 Å². The van der Waals surface area contributed by atoms with Crippen LogP contribution in [0, 0.1) is 25.7 Å². The van der Waals surface area contributed by atoms with E-state index in [0.717, 1.165) is 25.8 Å². The maximum atomic E-state index is 14.3. The highest BCUT2D eigenvalue weighted by Gasteiger charge is 2.46. The van der Waals surface area contributed by atoms with Gasteiger partial charge in [0.1, 0.15) is 0 Å². The van der Waals surface area contributed by atoms with Crippen molar-refractivity contribution in [1.29, 1.82) is 0 Å². The third-order valence-electron chi connectivity index (χ3n) is 7.04. The Kier molecular flexibility index (Phi) is 5.99. The zero-order valence-corrected chi connectivity index (χ0v) is 26.7.